The standard InChI is InChI=1S/C12H10NO6P/c14-13(15)12-7-6-10(19-20(16,17)18)8-11(12)9-4-2-1-3-5-9/h1-8H,(H2,16,17,18). The van der Waals surface area contributed by atoms with E-state index in [0.29, 0.717) is 5.56 Å². The van der Waals surface area contributed by atoms with Gasteiger partial charge >= 0.3 is 7.82 Å². The molecule has 8 heteroatoms. The number of phosphoric acid groups is 1. The fourth-order valence-corrected chi connectivity index (χ4v) is 2.11. The Hall–Kier alpha value is -2.21. The first kappa shape index (κ1) is 14.2. The van der Waals surface area contributed by atoms with Gasteiger partial charge < -0.3 is 4.52 Å². The van der Waals surface area contributed by atoms with E-state index in [9.17, 15) is 14.7 Å². The number of phosphoric ester groups is 1. The molecule has 0 spiro atoms. The van der Waals surface area contributed by atoms with Crippen LogP contribution in [0.5, 0.6) is 5.75 Å². The molecule has 2 rings (SSSR count). The fraction of sp³-hybridized carbons (Fsp3) is 0. The molecule has 7 nitrogen and oxygen atoms in total. The van der Waals surface area contributed by atoms with Crippen LogP contribution in [0.2, 0.25) is 0 Å². The van der Waals surface area contributed by atoms with Crippen molar-refractivity contribution in [3.05, 3.63) is 58.6 Å². The van der Waals surface area contributed by atoms with Crippen molar-refractivity contribution >= 4 is 13.5 Å². The van der Waals surface area contributed by atoms with E-state index >= 15 is 0 Å². The average molecular weight is 295 g/mol. The molecule has 0 atom stereocenters. The molecule has 0 saturated carbocycles. The second kappa shape index (κ2) is 5.42. The number of hydrogen-bond donors (Lipinski definition) is 2. The molecule has 0 unspecified atom stereocenters. The highest BCUT2D eigenvalue weighted by atomic mass is 31.2. The summed E-state index contributed by atoms with van der Waals surface area (Å²) < 4.78 is 15.2. The summed E-state index contributed by atoms with van der Waals surface area (Å²) >= 11 is 0. The summed E-state index contributed by atoms with van der Waals surface area (Å²) in [5.74, 6) is -0.136. The molecular weight excluding hydrogens is 285 g/mol. The molecule has 0 radical (unpaired) electrons. The topological polar surface area (TPSA) is 110 Å². The van der Waals surface area contributed by atoms with E-state index in [-0.39, 0.29) is 17.0 Å². The maximum atomic E-state index is 11.0. The molecule has 0 aromatic heterocycles. The summed E-state index contributed by atoms with van der Waals surface area (Å²) in [5, 5.41) is 11.0. The lowest BCUT2D eigenvalue weighted by Gasteiger charge is -2.09. The van der Waals surface area contributed by atoms with Gasteiger partial charge in [-0.25, -0.2) is 4.57 Å². The Morgan fingerprint density at radius 3 is 2.30 bits per heavy atom. The minimum absolute atomic E-state index is 0.136. The molecule has 104 valence electrons. The van der Waals surface area contributed by atoms with Crippen molar-refractivity contribution in [2.24, 2.45) is 0 Å². The molecule has 0 aliphatic heterocycles. The van der Waals surface area contributed by atoms with Gasteiger partial charge in [0, 0.05) is 6.07 Å². The molecule has 2 aromatic carbocycles. The Balaban J connectivity index is 2.54. The zero-order chi connectivity index (χ0) is 14.8. The normalized spacial score (nSPS) is 11.1. The van der Waals surface area contributed by atoms with E-state index in [0.717, 1.165) is 12.1 Å². The van der Waals surface area contributed by atoms with Gasteiger partial charge in [-0.3, -0.25) is 19.9 Å². The number of benzene rings is 2. The largest absolute Gasteiger partial charge is 0.524 e. The number of rotatable bonds is 4. The molecule has 0 heterocycles. The fourth-order valence-electron chi connectivity index (χ4n) is 1.72. The van der Waals surface area contributed by atoms with Crippen molar-refractivity contribution < 1.29 is 23.8 Å². The lowest BCUT2D eigenvalue weighted by Crippen LogP contribution is -1.95. The third-order valence-corrected chi connectivity index (χ3v) is 2.92. The molecule has 20 heavy (non-hydrogen) atoms. The zero-order valence-corrected chi connectivity index (χ0v) is 10.9. The number of hydrogen-bond acceptors (Lipinski definition) is 4. The number of nitrogens with zero attached hydrogens (tertiary/aromatic N) is 1. The number of nitro groups is 1. The van der Waals surface area contributed by atoms with Crippen LogP contribution in [0.4, 0.5) is 5.69 Å². The summed E-state index contributed by atoms with van der Waals surface area (Å²) in [7, 11) is -4.71. The quantitative estimate of drug-likeness (QED) is 0.510. The lowest BCUT2D eigenvalue weighted by molar-refractivity contribution is -0.384. The minimum atomic E-state index is -4.71. The molecule has 0 amide bonds. The summed E-state index contributed by atoms with van der Waals surface area (Å²) in [6, 6.07) is 12.0. The van der Waals surface area contributed by atoms with Gasteiger partial charge in [0.25, 0.3) is 5.69 Å². The van der Waals surface area contributed by atoms with Crippen LogP contribution in [0.25, 0.3) is 11.1 Å². The van der Waals surface area contributed by atoms with Crippen LogP contribution in [0, 0.1) is 10.1 Å². The van der Waals surface area contributed by atoms with Gasteiger partial charge in [0.15, 0.2) is 0 Å². The smallest absolute Gasteiger partial charge is 0.404 e. The molecule has 0 saturated heterocycles. The van der Waals surface area contributed by atoms with Crippen LogP contribution in [-0.2, 0) is 4.57 Å². The Kier molecular flexibility index (Phi) is 3.85. The maximum absolute atomic E-state index is 11.0. The van der Waals surface area contributed by atoms with Gasteiger partial charge in [0.2, 0.25) is 0 Å². The van der Waals surface area contributed by atoms with Crippen LogP contribution < -0.4 is 4.52 Å². The summed E-state index contributed by atoms with van der Waals surface area (Å²) in [5.41, 5.74) is 0.603. The molecule has 2 aromatic rings. The predicted molar refractivity (Wildman–Crippen MR) is 71.2 cm³/mol. The molecule has 0 bridgehead atoms. The summed E-state index contributed by atoms with van der Waals surface area (Å²) in [4.78, 5) is 28.0. The van der Waals surface area contributed by atoms with E-state index in [2.05, 4.69) is 4.52 Å². The molecule has 0 fully saturated rings. The Morgan fingerprint density at radius 1 is 1.10 bits per heavy atom. The van der Waals surface area contributed by atoms with Crippen molar-refractivity contribution in [1.29, 1.82) is 0 Å². The van der Waals surface area contributed by atoms with E-state index < -0.39 is 12.7 Å². The second-order valence-corrected chi connectivity index (χ2v) is 5.05. The van der Waals surface area contributed by atoms with Gasteiger partial charge in [-0.05, 0) is 17.7 Å². The zero-order valence-electron chi connectivity index (χ0n) is 10.0. The minimum Gasteiger partial charge on any atom is -0.404 e. The van der Waals surface area contributed by atoms with Crippen molar-refractivity contribution in [3.8, 4) is 16.9 Å². The first-order valence-electron chi connectivity index (χ1n) is 5.46. The van der Waals surface area contributed by atoms with Crippen molar-refractivity contribution in [2.75, 3.05) is 0 Å². The third kappa shape index (κ3) is 3.42. The van der Waals surface area contributed by atoms with E-state index in [4.69, 9.17) is 9.79 Å². The van der Waals surface area contributed by atoms with Crippen LogP contribution in [0.1, 0.15) is 0 Å². The predicted octanol–water partition coefficient (Wildman–Crippen LogP) is 2.73. The van der Waals surface area contributed by atoms with Gasteiger partial charge in [-0.2, -0.15) is 0 Å². The molecule has 0 aliphatic carbocycles. The average Bonchev–Trinajstić information content (AvgIpc) is 2.37. The van der Waals surface area contributed by atoms with E-state index in [1.807, 2.05) is 0 Å². The van der Waals surface area contributed by atoms with Crippen LogP contribution >= 0.6 is 7.82 Å². The SMILES string of the molecule is O=[N+]([O-])c1ccc(OP(=O)(O)O)cc1-c1ccccc1. The van der Waals surface area contributed by atoms with E-state index in [1.54, 1.807) is 30.3 Å². The molecular formula is C12H10NO6P. The van der Waals surface area contributed by atoms with E-state index in [1.165, 1.54) is 6.07 Å². The lowest BCUT2D eigenvalue weighted by atomic mass is 10.0. The Labute approximate surface area is 113 Å². The van der Waals surface area contributed by atoms with Gasteiger partial charge in [-0.1, -0.05) is 30.3 Å². The first-order valence-corrected chi connectivity index (χ1v) is 6.99. The van der Waals surface area contributed by atoms with Crippen molar-refractivity contribution in [1.82, 2.24) is 0 Å². The highest BCUT2D eigenvalue weighted by Crippen LogP contribution is 2.40. The Bertz CT molecular complexity index is 682. The summed E-state index contributed by atoms with van der Waals surface area (Å²) in [6.45, 7) is 0. The van der Waals surface area contributed by atoms with Gasteiger partial charge in [0.05, 0.1) is 10.5 Å². The van der Waals surface area contributed by atoms with Gasteiger partial charge in [-0.15, -0.1) is 0 Å². The van der Waals surface area contributed by atoms with Crippen LogP contribution in [-0.4, -0.2) is 14.7 Å². The van der Waals surface area contributed by atoms with Gasteiger partial charge in [0.1, 0.15) is 5.75 Å². The highest BCUT2D eigenvalue weighted by Gasteiger charge is 2.20. The molecule has 0 aliphatic rings. The van der Waals surface area contributed by atoms with Crippen LogP contribution in [0.15, 0.2) is 48.5 Å². The maximum Gasteiger partial charge on any atom is 0.524 e. The van der Waals surface area contributed by atoms with Crippen LogP contribution in [0.3, 0.4) is 0 Å². The highest BCUT2D eigenvalue weighted by molar-refractivity contribution is 7.46. The molecule has 2 N–H and O–H groups in total. The second-order valence-electron chi connectivity index (χ2n) is 3.88. The summed E-state index contributed by atoms with van der Waals surface area (Å²) in [6.07, 6.45) is 0. The van der Waals surface area contributed by atoms with Crippen molar-refractivity contribution in [3.63, 3.8) is 0 Å². The number of nitro benzene ring substituents is 1. The monoisotopic (exact) mass is 295 g/mol. The van der Waals surface area contributed by atoms with Crippen molar-refractivity contribution in [2.45, 2.75) is 0 Å². The Morgan fingerprint density at radius 2 is 1.75 bits per heavy atom. The third-order valence-electron chi connectivity index (χ3n) is 2.47. The first-order chi connectivity index (χ1) is 9.37.